The van der Waals surface area contributed by atoms with Crippen LogP contribution in [0.2, 0.25) is 0 Å². The van der Waals surface area contributed by atoms with Crippen molar-refractivity contribution in [3.05, 3.63) is 23.8 Å². The molecule has 6 heteroatoms. The molecule has 0 unspecified atom stereocenters. The van der Waals surface area contributed by atoms with Crippen LogP contribution in [0.15, 0.2) is 18.2 Å². The molecule has 1 aliphatic rings. The highest BCUT2D eigenvalue weighted by atomic mass is 16.5. The molecule has 0 bridgehead atoms. The summed E-state index contributed by atoms with van der Waals surface area (Å²) in [6.45, 7) is 5.88. The molecule has 1 saturated heterocycles. The van der Waals surface area contributed by atoms with Gasteiger partial charge in [0.25, 0.3) is 0 Å². The molecule has 0 aliphatic carbocycles. The van der Waals surface area contributed by atoms with Crippen LogP contribution in [-0.2, 0) is 16.1 Å². The van der Waals surface area contributed by atoms with Gasteiger partial charge in [0.1, 0.15) is 0 Å². The Labute approximate surface area is 148 Å². The molecule has 1 aromatic carbocycles. The number of rotatable bonds is 10. The van der Waals surface area contributed by atoms with E-state index in [1.165, 1.54) is 0 Å². The molecule has 0 radical (unpaired) electrons. The van der Waals surface area contributed by atoms with E-state index in [4.69, 9.17) is 14.6 Å². The van der Waals surface area contributed by atoms with E-state index in [1.807, 2.05) is 25.1 Å². The molecule has 6 nitrogen and oxygen atoms in total. The first-order chi connectivity index (χ1) is 12.0. The van der Waals surface area contributed by atoms with Crippen LogP contribution in [0.1, 0.15) is 45.1 Å². The molecule has 1 N–H and O–H groups in total. The summed E-state index contributed by atoms with van der Waals surface area (Å²) in [7, 11) is 0. The Kier molecular flexibility index (Phi) is 7.10. The Morgan fingerprint density at radius 1 is 1.24 bits per heavy atom. The molecule has 1 heterocycles. The largest absolute Gasteiger partial charge is 0.490 e. The highest BCUT2D eigenvalue weighted by Gasteiger charge is 2.34. The van der Waals surface area contributed by atoms with E-state index in [1.54, 1.807) is 4.90 Å². The van der Waals surface area contributed by atoms with Gasteiger partial charge in [-0.2, -0.15) is 0 Å². The molecular weight excluding hydrogens is 322 g/mol. The van der Waals surface area contributed by atoms with Crippen LogP contribution in [-0.4, -0.2) is 41.6 Å². The lowest BCUT2D eigenvalue weighted by atomic mass is 10.1. The Balaban J connectivity index is 2.02. The van der Waals surface area contributed by atoms with Crippen LogP contribution < -0.4 is 9.47 Å². The van der Waals surface area contributed by atoms with Gasteiger partial charge in [-0.3, -0.25) is 9.59 Å². The van der Waals surface area contributed by atoms with E-state index < -0.39 is 11.9 Å². The average Bonchev–Trinajstić information content (AvgIpc) is 2.95. The highest BCUT2D eigenvalue weighted by Crippen LogP contribution is 2.30. The summed E-state index contributed by atoms with van der Waals surface area (Å²) < 4.78 is 11.5. The third-order valence-electron chi connectivity index (χ3n) is 4.25. The Bertz CT molecular complexity index is 601. The first kappa shape index (κ1) is 19.1. The molecular formula is C19H27NO5. The summed E-state index contributed by atoms with van der Waals surface area (Å²) in [5.41, 5.74) is 0.906. The number of carboxylic acid groups (broad SMARTS) is 1. The molecule has 1 aliphatic heterocycles. The number of benzene rings is 1. The minimum atomic E-state index is -0.915. The fourth-order valence-corrected chi connectivity index (χ4v) is 2.88. The van der Waals surface area contributed by atoms with Crippen molar-refractivity contribution < 1.29 is 24.2 Å². The predicted octanol–water partition coefficient (Wildman–Crippen LogP) is 3.09. The van der Waals surface area contributed by atoms with E-state index in [9.17, 15) is 9.59 Å². The number of hydrogen-bond acceptors (Lipinski definition) is 4. The number of aliphatic carboxylic acids is 1. The molecule has 138 valence electrons. The topological polar surface area (TPSA) is 76.1 Å². The van der Waals surface area contributed by atoms with E-state index >= 15 is 0 Å². The molecule has 0 saturated carbocycles. The molecule has 1 atom stereocenters. The second-order valence-corrected chi connectivity index (χ2v) is 6.28. The lowest BCUT2D eigenvalue weighted by molar-refractivity contribution is -0.141. The number of carbonyl (C=O) groups is 2. The van der Waals surface area contributed by atoms with Crippen molar-refractivity contribution in [2.24, 2.45) is 5.92 Å². The van der Waals surface area contributed by atoms with Crippen molar-refractivity contribution in [2.45, 2.75) is 46.1 Å². The van der Waals surface area contributed by atoms with Gasteiger partial charge >= 0.3 is 5.97 Å². The Hall–Kier alpha value is -2.24. The SMILES string of the molecule is CCCCCOc1ccc(CN2C[C@@H](C(=O)O)CC2=O)cc1OCC. The van der Waals surface area contributed by atoms with Gasteiger partial charge in [-0.05, 0) is 31.0 Å². The number of ether oxygens (including phenoxy) is 2. The lowest BCUT2D eigenvalue weighted by Gasteiger charge is -2.18. The van der Waals surface area contributed by atoms with Crippen LogP contribution in [0.25, 0.3) is 0 Å². The molecule has 1 fully saturated rings. The van der Waals surface area contributed by atoms with Gasteiger partial charge in [0.2, 0.25) is 5.91 Å². The molecule has 25 heavy (non-hydrogen) atoms. The van der Waals surface area contributed by atoms with Crippen molar-refractivity contribution in [3.63, 3.8) is 0 Å². The maximum atomic E-state index is 12.0. The van der Waals surface area contributed by atoms with Gasteiger partial charge in [-0.25, -0.2) is 0 Å². The maximum absolute atomic E-state index is 12.0. The molecule has 1 aromatic rings. The number of unbranched alkanes of at least 4 members (excludes halogenated alkanes) is 2. The van der Waals surface area contributed by atoms with Gasteiger partial charge in [-0.1, -0.05) is 25.8 Å². The van der Waals surface area contributed by atoms with Gasteiger partial charge < -0.3 is 19.5 Å². The van der Waals surface area contributed by atoms with E-state index in [2.05, 4.69) is 6.92 Å². The van der Waals surface area contributed by atoms with Crippen LogP contribution in [0, 0.1) is 5.92 Å². The van der Waals surface area contributed by atoms with Crippen LogP contribution in [0.3, 0.4) is 0 Å². The van der Waals surface area contributed by atoms with Crippen LogP contribution in [0.4, 0.5) is 0 Å². The maximum Gasteiger partial charge on any atom is 0.308 e. The van der Waals surface area contributed by atoms with E-state index in [-0.39, 0.29) is 18.9 Å². The van der Waals surface area contributed by atoms with Crippen LogP contribution >= 0.6 is 0 Å². The van der Waals surface area contributed by atoms with E-state index in [0.29, 0.717) is 31.3 Å². The standard InChI is InChI=1S/C19H27NO5/c1-3-5-6-9-25-16-8-7-14(10-17(16)24-4-2)12-20-13-15(19(22)23)11-18(20)21/h7-8,10,15H,3-6,9,11-13H2,1-2H3,(H,22,23)/t15-/m0/s1. The Morgan fingerprint density at radius 2 is 2.04 bits per heavy atom. The monoisotopic (exact) mass is 349 g/mol. The summed E-state index contributed by atoms with van der Waals surface area (Å²) in [6.07, 6.45) is 3.35. The molecule has 0 spiro atoms. The zero-order valence-electron chi connectivity index (χ0n) is 15.0. The zero-order chi connectivity index (χ0) is 18.2. The van der Waals surface area contributed by atoms with Gasteiger partial charge in [-0.15, -0.1) is 0 Å². The number of amides is 1. The number of nitrogens with zero attached hydrogens (tertiary/aromatic N) is 1. The highest BCUT2D eigenvalue weighted by molar-refractivity contribution is 5.86. The minimum absolute atomic E-state index is 0.0757. The van der Waals surface area contributed by atoms with Crippen molar-refractivity contribution in [3.8, 4) is 11.5 Å². The van der Waals surface area contributed by atoms with Crippen LogP contribution in [0.5, 0.6) is 11.5 Å². The minimum Gasteiger partial charge on any atom is -0.490 e. The van der Waals surface area contributed by atoms with Crippen molar-refractivity contribution >= 4 is 11.9 Å². The smallest absolute Gasteiger partial charge is 0.308 e. The number of hydrogen-bond donors (Lipinski definition) is 1. The summed E-state index contributed by atoms with van der Waals surface area (Å²) >= 11 is 0. The zero-order valence-corrected chi connectivity index (χ0v) is 15.0. The van der Waals surface area contributed by atoms with Gasteiger partial charge in [0.05, 0.1) is 19.1 Å². The number of likely N-dealkylation sites (tertiary alicyclic amines) is 1. The lowest BCUT2D eigenvalue weighted by Crippen LogP contribution is -2.25. The average molecular weight is 349 g/mol. The third-order valence-corrected chi connectivity index (χ3v) is 4.25. The molecule has 1 amide bonds. The first-order valence-corrected chi connectivity index (χ1v) is 8.94. The summed E-state index contributed by atoms with van der Waals surface area (Å²) in [4.78, 5) is 24.6. The first-order valence-electron chi connectivity index (χ1n) is 8.94. The molecule has 0 aromatic heterocycles. The van der Waals surface area contributed by atoms with Gasteiger partial charge in [0, 0.05) is 19.5 Å². The van der Waals surface area contributed by atoms with E-state index in [0.717, 1.165) is 24.8 Å². The van der Waals surface area contributed by atoms with Crippen molar-refractivity contribution in [1.82, 2.24) is 4.90 Å². The number of carboxylic acids is 1. The summed E-state index contributed by atoms with van der Waals surface area (Å²) in [5.74, 6) is -0.275. The normalized spacial score (nSPS) is 17.0. The predicted molar refractivity (Wildman–Crippen MR) is 93.8 cm³/mol. The molecule has 2 rings (SSSR count). The fraction of sp³-hybridized carbons (Fsp3) is 0.579. The second-order valence-electron chi connectivity index (χ2n) is 6.28. The third kappa shape index (κ3) is 5.37. The Morgan fingerprint density at radius 3 is 2.68 bits per heavy atom. The van der Waals surface area contributed by atoms with Crippen molar-refractivity contribution in [1.29, 1.82) is 0 Å². The van der Waals surface area contributed by atoms with Crippen molar-refractivity contribution in [2.75, 3.05) is 19.8 Å². The second kappa shape index (κ2) is 9.30. The number of carbonyl (C=O) groups excluding carboxylic acids is 1. The van der Waals surface area contributed by atoms with Gasteiger partial charge in [0.15, 0.2) is 11.5 Å². The quantitative estimate of drug-likeness (QED) is 0.657. The summed E-state index contributed by atoms with van der Waals surface area (Å²) in [6, 6.07) is 5.64. The fourth-order valence-electron chi connectivity index (χ4n) is 2.88. The summed E-state index contributed by atoms with van der Waals surface area (Å²) in [5, 5.41) is 9.07.